The summed E-state index contributed by atoms with van der Waals surface area (Å²) in [6.45, 7) is 1.89. The molecule has 0 aliphatic heterocycles. The molecule has 4 aromatic rings. The minimum absolute atomic E-state index is 0.243. The number of hydrogen-bond donors (Lipinski definition) is 2. The van der Waals surface area contributed by atoms with Crippen LogP contribution in [0.4, 0.5) is 5.69 Å². The number of anilines is 1. The Bertz CT molecular complexity index is 1230. The number of carbonyl (C=O) groups excluding carboxylic acids is 2. The third-order valence-corrected chi connectivity index (χ3v) is 5.51. The van der Waals surface area contributed by atoms with Crippen molar-refractivity contribution in [3.63, 3.8) is 0 Å². The maximum atomic E-state index is 13.3. The van der Waals surface area contributed by atoms with Gasteiger partial charge in [-0.3, -0.25) is 14.6 Å². The summed E-state index contributed by atoms with van der Waals surface area (Å²) >= 11 is 0. The lowest BCUT2D eigenvalue weighted by Gasteiger charge is -2.20. The highest BCUT2D eigenvalue weighted by atomic mass is 16.2. The first kappa shape index (κ1) is 21.2. The zero-order chi connectivity index (χ0) is 22.3. The Hall–Kier alpha value is -3.99. The molecule has 0 aliphatic carbocycles. The second-order valence-corrected chi connectivity index (χ2v) is 7.76. The Morgan fingerprint density at radius 3 is 2.50 bits per heavy atom. The molecular formula is C27H25N3O2. The molecular weight excluding hydrogens is 398 g/mol. The maximum Gasteiger partial charge on any atom is 0.252 e. The molecule has 5 heteroatoms. The number of benzene rings is 3. The molecule has 0 fully saturated rings. The molecule has 2 N–H and O–H groups in total. The number of aryl methyl sites for hydroxylation is 2. The molecule has 1 heterocycles. The normalized spacial score (nSPS) is 11.7. The second kappa shape index (κ2) is 9.88. The largest absolute Gasteiger partial charge is 0.340 e. The molecule has 5 nitrogen and oxygen atoms in total. The zero-order valence-electron chi connectivity index (χ0n) is 17.9. The molecule has 1 aromatic heterocycles. The van der Waals surface area contributed by atoms with Crippen LogP contribution in [0.5, 0.6) is 0 Å². The average Bonchev–Trinajstić information content (AvgIpc) is 2.82. The third kappa shape index (κ3) is 5.01. The minimum Gasteiger partial charge on any atom is -0.340 e. The fraction of sp³-hybridized carbons (Fsp3) is 0.148. The van der Waals surface area contributed by atoms with Crippen molar-refractivity contribution in [1.82, 2.24) is 10.3 Å². The summed E-state index contributed by atoms with van der Waals surface area (Å²) in [6, 6.07) is 24.2. The third-order valence-electron chi connectivity index (χ3n) is 5.51. The van der Waals surface area contributed by atoms with Gasteiger partial charge in [-0.1, -0.05) is 60.7 Å². The van der Waals surface area contributed by atoms with Crippen molar-refractivity contribution >= 4 is 28.3 Å². The number of nitrogens with zero attached hydrogens (tertiary/aromatic N) is 1. The van der Waals surface area contributed by atoms with Gasteiger partial charge in [-0.05, 0) is 49.1 Å². The SMILES string of the molecule is Cc1ccccc1C(=O)NC(CCc1ccccc1)C(=O)Nc1cccc2cnccc12. The van der Waals surface area contributed by atoms with Gasteiger partial charge in [0.1, 0.15) is 6.04 Å². The molecule has 0 saturated carbocycles. The predicted octanol–water partition coefficient (Wildman–Crippen LogP) is 4.91. The molecule has 0 saturated heterocycles. The quantitative estimate of drug-likeness (QED) is 0.444. The number of carbonyl (C=O) groups is 2. The Morgan fingerprint density at radius 2 is 1.69 bits per heavy atom. The van der Waals surface area contributed by atoms with Crippen molar-refractivity contribution in [3.8, 4) is 0 Å². The van der Waals surface area contributed by atoms with E-state index >= 15 is 0 Å². The van der Waals surface area contributed by atoms with Crippen molar-refractivity contribution < 1.29 is 9.59 Å². The summed E-state index contributed by atoms with van der Waals surface area (Å²) in [6.07, 6.45) is 4.62. The van der Waals surface area contributed by atoms with Crippen molar-refractivity contribution in [3.05, 3.63) is 108 Å². The highest BCUT2D eigenvalue weighted by molar-refractivity contribution is 6.06. The molecule has 0 aliphatic rings. The maximum absolute atomic E-state index is 13.3. The molecule has 0 spiro atoms. The average molecular weight is 424 g/mol. The minimum atomic E-state index is -0.681. The fourth-order valence-electron chi connectivity index (χ4n) is 3.74. The number of fused-ring (bicyclic) bond motifs is 1. The highest BCUT2D eigenvalue weighted by Gasteiger charge is 2.22. The second-order valence-electron chi connectivity index (χ2n) is 7.76. The van der Waals surface area contributed by atoms with E-state index in [1.807, 2.05) is 79.7 Å². The summed E-state index contributed by atoms with van der Waals surface area (Å²) in [4.78, 5) is 30.4. The number of hydrogen-bond acceptors (Lipinski definition) is 3. The number of aromatic nitrogens is 1. The fourth-order valence-corrected chi connectivity index (χ4v) is 3.74. The van der Waals surface area contributed by atoms with Gasteiger partial charge in [0.05, 0.1) is 0 Å². The van der Waals surface area contributed by atoms with Crippen LogP contribution in [-0.2, 0) is 11.2 Å². The monoisotopic (exact) mass is 423 g/mol. The smallest absolute Gasteiger partial charge is 0.252 e. The molecule has 3 aromatic carbocycles. The van der Waals surface area contributed by atoms with Crippen LogP contribution in [-0.4, -0.2) is 22.8 Å². The number of nitrogens with one attached hydrogen (secondary N) is 2. The lowest BCUT2D eigenvalue weighted by Crippen LogP contribution is -2.44. The van der Waals surface area contributed by atoms with E-state index in [-0.39, 0.29) is 11.8 Å². The van der Waals surface area contributed by atoms with Gasteiger partial charge in [-0.25, -0.2) is 0 Å². The van der Waals surface area contributed by atoms with Gasteiger partial charge in [-0.2, -0.15) is 0 Å². The van der Waals surface area contributed by atoms with Crippen LogP contribution in [0.15, 0.2) is 91.3 Å². The van der Waals surface area contributed by atoms with Crippen LogP contribution in [0.3, 0.4) is 0 Å². The predicted molar refractivity (Wildman–Crippen MR) is 128 cm³/mol. The molecule has 0 radical (unpaired) electrons. The van der Waals surface area contributed by atoms with Crippen LogP contribution in [0.1, 0.15) is 27.9 Å². The van der Waals surface area contributed by atoms with Gasteiger partial charge in [-0.15, -0.1) is 0 Å². The first-order valence-corrected chi connectivity index (χ1v) is 10.7. The zero-order valence-corrected chi connectivity index (χ0v) is 17.9. The first-order chi connectivity index (χ1) is 15.6. The standard InChI is InChI=1S/C27H25N3O2/c1-19-8-5-6-12-22(19)26(31)30-25(15-14-20-9-3-2-4-10-20)27(32)29-24-13-7-11-21-18-28-17-16-23(21)24/h2-13,16-18,25H,14-15H2,1H3,(H,29,32)(H,30,31). The lowest BCUT2D eigenvalue weighted by molar-refractivity contribution is -0.118. The van der Waals surface area contributed by atoms with Gasteiger partial charge in [0.25, 0.3) is 5.91 Å². The van der Waals surface area contributed by atoms with Gasteiger partial charge >= 0.3 is 0 Å². The summed E-state index contributed by atoms with van der Waals surface area (Å²) in [7, 11) is 0. The highest BCUT2D eigenvalue weighted by Crippen LogP contribution is 2.22. The summed E-state index contributed by atoms with van der Waals surface area (Å²) in [5.41, 5.74) is 3.26. The number of pyridine rings is 1. The molecule has 1 atom stereocenters. The molecule has 160 valence electrons. The Morgan fingerprint density at radius 1 is 0.906 bits per heavy atom. The van der Waals surface area contributed by atoms with Gasteiger partial charge in [0, 0.05) is 34.4 Å². The van der Waals surface area contributed by atoms with Gasteiger partial charge in [0.15, 0.2) is 0 Å². The summed E-state index contributed by atoms with van der Waals surface area (Å²) in [5.74, 6) is -0.495. The van der Waals surface area contributed by atoms with E-state index in [2.05, 4.69) is 15.6 Å². The van der Waals surface area contributed by atoms with Crippen molar-refractivity contribution in [2.24, 2.45) is 0 Å². The van der Waals surface area contributed by atoms with Crippen LogP contribution in [0.2, 0.25) is 0 Å². The van der Waals surface area contributed by atoms with Crippen molar-refractivity contribution in [2.45, 2.75) is 25.8 Å². The van der Waals surface area contributed by atoms with Crippen LogP contribution < -0.4 is 10.6 Å². The van der Waals surface area contributed by atoms with Gasteiger partial charge in [0.2, 0.25) is 5.91 Å². The van der Waals surface area contributed by atoms with Crippen LogP contribution in [0.25, 0.3) is 10.8 Å². The van der Waals surface area contributed by atoms with E-state index in [9.17, 15) is 9.59 Å². The molecule has 1 unspecified atom stereocenters. The summed E-state index contributed by atoms with van der Waals surface area (Å²) in [5, 5.41) is 7.81. The topological polar surface area (TPSA) is 71.1 Å². The molecule has 2 amide bonds. The van der Waals surface area contributed by atoms with E-state index in [4.69, 9.17) is 0 Å². The lowest BCUT2D eigenvalue weighted by atomic mass is 10.0. The molecule has 4 rings (SSSR count). The first-order valence-electron chi connectivity index (χ1n) is 10.7. The Balaban J connectivity index is 1.56. The van der Waals surface area contributed by atoms with E-state index in [0.717, 1.165) is 21.9 Å². The van der Waals surface area contributed by atoms with E-state index in [1.165, 1.54) is 0 Å². The van der Waals surface area contributed by atoms with Crippen LogP contribution >= 0.6 is 0 Å². The molecule has 32 heavy (non-hydrogen) atoms. The van der Waals surface area contributed by atoms with Crippen molar-refractivity contribution in [1.29, 1.82) is 0 Å². The van der Waals surface area contributed by atoms with Crippen molar-refractivity contribution in [2.75, 3.05) is 5.32 Å². The van der Waals surface area contributed by atoms with E-state index in [0.29, 0.717) is 24.1 Å². The van der Waals surface area contributed by atoms with Gasteiger partial charge < -0.3 is 10.6 Å². The summed E-state index contributed by atoms with van der Waals surface area (Å²) < 4.78 is 0. The Kier molecular flexibility index (Phi) is 6.56. The van der Waals surface area contributed by atoms with E-state index in [1.54, 1.807) is 18.5 Å². The number of rotatable bonds is 7. The van der Waals surface area contributed by atoms with E-state index < -0.39 is 6.04 Å². The van der Waals surface area contributed by atoms with Crippen LogP contribution in [0, 0.1) is 6.92 Å². The Labute approximate surface area is 187 Å². The molecule has 0 bridgehead atoms. The number of amides is 2.